The number of amides is 2. The Bertz CT molecular complexity index is 1160. The van der Waals surface area contributed by atoms with E-state index in [4.69, 9.17) is 9.47 Å². The van der Waals surface area contributed by atoms with Crippen LogP contribution in [0.25, 0.3) is 5.57 Å². The van der Waals surface area contributed by atoms with E-state index in [0.717, 1.165) is 17.6 Å². The van der Waals surface area contributed by atoms with Crippen molar-refractivity contribution in [3.63, 3.8) is 0 Å². The number of halogens is 1. The van der Waals surface area contributed by atoms with E-state index in [1.165, 1.54) is 19.2 Å². The third kappa shape index (κ3) is 4.69. The normalized spacial score (nSPS) is 22.1. The van der Waals surface area contributed by atoms with Crippen molar-refractivity contribution in [2.75, 3.05) is 20.2 Å². The predicted octanol–water partition coefficient (Wildman–Crippen LogP) is 4.14. The van der Waals surface area contributed by atoms with Crippen molar-refractivity contribution >= 4 is 17.6 Å². The van der Waals surface area contributed by atoms with Crippen LogP contribution in [0.2, 0.25) is 0 Å². The fourth-order valence-electron chi connectivity index (χ4n) is 5.65. The first kappa shape index (κ1) is 24.3. The van der Waals surface area contributed by atoms with Gasteiger partial charge in [0.15, 0.2) is 0 Å². The zero-order valence-corrected chi connectivity index (χ0v) is 20.4. The van der Waals surface area contributed by atoms with E-state index in [-0.39, 0.29) is 24.8 Å². The lowest BCUT2D eigenvalue weighted by atomic mass is 9.88. The van der Waals surface area contributed by atoms with Gasteiger partial charge in [-0.15, -0.1) is 0 Å². The third-order valence-corrected chi connectivity index (χ3v) is 7.47. The summed E-state index contributed by atoms with van der Waals surface area (Å²) in [6.07, 6.45) is 2.60. The zero-order valence-electron chi connectivity index (χ0n) is 20.4. The van der Waals surface area contributed by atoms with Crippen molar-refractivity contribution in [3.8, 4) is 5.75 Å². The molecule has 0 spiro atoms. The van der Waals surface area contributed by atoms with Crippen LogP contribution < -0.4 is 4.74 Å². The third-order valence-electron chi connectivity index (χ3n) is 7.47. The van der Waals surface area contributed by atoms with Crippen molar-refractivity contribution in [1.82, 2.24) is 9.80 Å². The quantitative estimate of drug-likeness (QED) is 0.632. The SMILES string of the molecule is COC(=O)C1=C(c2ccc(F)cc2OCc2ccccc2)C[C@@H]2CC[C@H]1N2C(=O)N1CCC(O)CC1. The molecule has 2 atom stereocenters. The van der Waals surface area contributed by atoms with Crippen molar-refractivity contribution in [3.05, 3.63) is 71.0 Å². The second-order valence-corrected chi connectivity index (χ2v) is 9.66. The van der Waals surface area contributed by atoms with E-state index < -0.39 is 17.8 Å². The van der Waals surface area contributed by atoms with Gasteiger partial charge in [-0.2, -0.15) is 0 Å². The number of aliphatic hydroxyl groups excluding tert-OH is 1. The maximum Gasteiger partial charge on any atom is 0.336 e. The number of fused-ring (bicyclic) bond motifs is 2. The summed E-state index contributed by atoms with van der Waals surface area (Å²) in [6.45, 7) is 1.25. The first-order chi connectivity index (χ1) is 17.5. The number of hydrogen-bond acceptors (Lipinski definition) is 5. The van der Waals surface area contributed by atoms with Gasteiger partial charge in [0.25, 0.3) is 0 Å². The zero-order chi connectivity index (χ0) is 25.2. The molecule has 0 saturated carbocycles. The summed E-state index contributed by atoms with van der Waals surface area (Å²) in [4.78, 5) is 30.2. The van der Waals surface area contributed by atoms with E-state index in [1.807, 2.05) is 35.2 Å². The number of methoxy groups -OCH3 is 1. The molecule has 0 aromatic heterocycles. The van der Waals surface area contributed by atoms with Gasteiger partial charge in [-0.05, 0) is 55.4 Å². The Labute approximate surface area is 210 Å². The lowest BCUT2D eigenvalue weighted by molar-refractivity contribution is -0.136. The molecule has 8 heteroatoms. The van der Waals surface area contributed by atoms with Gasteiger partial charge in [-0.3, -0.25) is 0 Å². The summed E-state index contributed by atoms with van der Waals surface area (Å²) in [6, 6.07) is 13.4. The second-order valence-electron chi connectivity index (χ2n) is 9.66. The van der Waals surface area contributed by atoms with Gasteiger partial charge < -0.3 is 24.4 Å². The van der Waals surface area contributed by atoms with Crippen LogP contribution in [0.1, 0.15) is 43.2 Å². The Morgan fingerprint density at radius 2 is 1.81 bits per heavy atom. The molecule has 190 valence electrons. The molecule has 3 aliphatic heterocycles. The largest absolute Gasteiger partial charge is 0.488 e. The van der Waals surface area contributed by atoms with E-state index in [0.29, 0.717) is 55.7 Å². The number of esters is 1. The van der Waals surface area contributed by atoms with Gasteiger partial charge in [0.2, 0.25) is 0 Å². The van der Waals surface area contributed by atoms with Crippen molar-refractivity contribution in [1.29, 1.82) is 0 Å². The fourth-order valence-corrected chi connectivity index (χ4v) is 5.65. The van der Waals surface area contributed by atoms with E-state index in [1.54, 1.807) is 11.0 Å². The number of carbonyl (C=O) groups is 2. The first-order valence-corrected chi connectivity index (χ1v) is 12.5. The van der Waals surface area contributed by atoms with Crippen molar-refractivity contribution in [2.45, 2.75) is 56.9 Å². The predicted molar refractivity (Wildman–Crippen MR) is 132 cm³/mol. The molecule has 3 heterocycles. The molecular formula is C28H31FN2O5. The number of carbonyl (C=O) groups excluding carboxylic acids is 2. The van der Waals surface area contributed by atoms with Gasteiger partial charge in [0.1, 0.15) is 18.2 Å². The van der Waals surface area contributed by atoms with Crippen LogP contribution >= 0.6 is 0 Å². The van der Waals surface area contributed by atoms with Gasteiger partial charge in [-0.25, -0.2) is 14.0 Å². The highest BCUT2D eigenvalue weighted by atomic mass is 19.1. The fraction of sp³-hybridized carbons (Fsp3) is 0.429. The average Bonchev–Trinajstić information content (AvgIpc) is 3.21. The van der Waals surface area contributed by atoms with Gasteiger partial charge >= 0.3 is 12.0 Å². The number of benzene rings is 2. The van der Waals surface area contributed by atoms with Crippen molar-refractivity contribution in [2.24, 2.45) is 0 Å². The number of aliphatic hydroxyl groups is 1. The Kier molecular flexibility index (Phi) is 6.96. The van der Waals surface area contributed by atoms with Crippen LogP contribution in [0.15, 0.2) is 54.1 Å². The van der Waals surface area contributed by atoms with Crippen LogP contribution in [0.4, 0.5) is 9.18 Å². The van der Waals surface area contributed by atoms with Crippen LogP contribution in [0.5, 0.6) is 5.75 Å². The van der Waals surface area contributed by atoms with Crippen LogP contribution in [0, 0.1) is 5.82 Å². The minimum absolute atomic E-state index is 0.0789. The van der Waals surface area contributed by atoms with Gasteiger partial charge in [0, 0.05) is 30.8 Å². The Balaban J connectivity index is 1.49. The molecule has 0 unspecified atom stereocenters. The topological polar surface area (TPSA) is 79.3 Å². The molecule has 1 N–H and O–H groups in total. The number of piperidine rings is 1. The number of urea groups is 1. The highest BCUT2D eigenvalue weighted by Gasteiger charge is 2.48. The Morgan fingerprint density at radius 3 is 2.53 bits per heavy atom. The molecule has 2 bridgehead atoms. The number of hydrogen-bond donors (Lipinski definition) is 1. The number of nitrogens with zero attached hydrogens (tertiary/aromatic N) is 2. The average molecular weight is 495 g/mol. The maximum atomic E-state index is 14.3. The summed E-state index contributed by atoms with van der Waals surface area (Å²) in [7, 11) is 1.34. The van der Waals surface area contributed by atoms with Crippen LogP contribution in [-0.4, -0.2) is 65.3 Å². The number of rotatable bonds is 5. The summed E-state index contributed by atoms with van der Waals surface area (Å²) < 4.78 is 25.5. The molecule has 5 rings (SSSR count). The van der Waals surface area contributed by atoms with Crippen molar-refractivity contribution < 1.29 is 28.6 Å². The van der Waals surface area contributed by atoms with Crippen LogP contribution in [-0.2, 0) is 16.1 Å². The Morgan fingerprint density at radius 1 is 1.06 bits per heavy atom. The van der Waals surface area contributed by atoms with E-state index in [9.17, 15) is 19.1 Å². The highest BCUT2D eigenvalue weighted by Crippen LogP contribution is 2.46. The summed E-state index contributed by atoms with van der Waals surface area (Å²) >= 11 is 0. The molecule has 2 amide bonds. The molecule has 0 radical (unpaired) electrons. The summed E-state index contributed by atoms with van der Waals surface area (Å²) in [5.74, 6) is -0.551. The van der Waals surface area contributed by atoms with Gasteiger partial charge in [0.05, 0.1) is 24.8 Å². The minimum Gasteiger partial charge on any atom is -0.488 e. The lowest BCUT2D eigenvalue weighted by Gasteiger charge is -2.41. The molecular weight excluding hydrogens is 463 g/mol. The monoisotopic (exact) mass is 494 g/mol. The van der Waals surface area contributed by atoms with Crippen LogP contribution in [0.3, 0.4) is 0 Å². The highest BCUT2D eigenvalue weighted by molar-refractivity contribution is 6.01. The molecule has 36 heavy (non-hydrogen) atoms. The van der Waals surface area contributed by atoms with Gasteiger partial charge in [-0.1, -0.05) is 30.3 Å². The maximum absolute atomic E-state index is 14.3. The second kappa shape index (κ2) is 10.3. The smallest absolute Gasteiger partial charge is 0.336 e. The molecule has 2 aromatic carbocycles. The minimum atomic E-state index is -0.486. The molecule has 3 aliphatic rings. The molecule has 2 saturated heterocycles. The summed E-state index contributed by atoms with van der Waals surface area (Å²) in [5, 5.41) is 9.85. The summed E-state index contributed by atoms with van der Waals surface area (Å²) in [5.41, 5.74) is 2.78. The molecule has 0 aliphatic carbocycles. The van der Waals surface area contributed by atoms with E-state index in [2.05, 4.69) is 0 Å². The molecule has 2 aromatic rings. The standard InChI is InChI=1S/C28H31FN2O5/c1-35-27(33)26-23(22-9-7-19(29)15-25(22)36-17-18-5-3-2-4-6-18)16-20-8-10-24(26)31(20)28(34)30-13-11-21(32)12-14-30/h2-7,9,15,20-21,24,32H,8,10-14,16-17H2,1H3/t20-,24+/m0/s1. The van der Waals surface area contributed by atoms with E-state index >= 15 is 0 Å². The molecule has 7 nitrogen and oxygen atoms in total. The Hall–Kier alpha value is -3.39. The lowest BCUT2D eigenvalue weighted by Crippen LogP contribution is -2.54. The number of ether oxygens (including phenoxy) is 2. The number of likely N-dealkylation sites (tertiary alicyclic amines) is 1. The molecule has 2 fully saturated rings. The first-order valence-electron chi connectivity index (χ1n) is 12.5.